The number of aliphatic carboxylic acids is 1. The average molecular weight is 218 g/mol. The van der Waals surface area contributed by atoms with Gasteiger partial charge in [0.15, 0.2) is 0 Å². The Bertz CT molecular complexity index is 206. The van der Waals surface area contributed by atoms with Crippen molar-refractivity contribution in [1.82, 2.24) is 5.32 Å². The molecule has 0 aromatic rings. The van der Waals surface area contributed by atoms with Crippen molar-refractivity contribution in [2.45, 2.75) is 25.7 Å². The lowest BCUT2D eigenvalue weighted by atomic mass is 10.2. The van der Waals surface area contributed by atoms with Gasteiger partial charge >= 0.3 is 5.97 Å². The van der Waals surface area contributed by atoms with E-state index < -0.39 is 5.97 Å². The molecule has 0 aromatic carbocycles. The molecule has 0 bridgehead atoms. The van der Waals surface area contributed by atoms with Crippen LogP contribution >= 0.6 is 0 Å². The van der Waals surface area contributed by atoms with E-state index in [-0.39, 0.29) is 13.2 Å². The highest BCUT2D eigenvalue weighted by Crippen LogP contribution is 2.03. The summed E-state index contributed by atoms with van der Waals surface area (Å²) >= 11 is 0. The lowest BCUT2D eigenvalue weighted by Crippen LogP contribution is -2.16. The number of unbranched alkanes of at least 4 members (excludes halogenated alkanes) is 1. The lowest BCUT2D eigenvalue weighted by Gasteiger charge is -2.07. The number of aliphatic hydroxyl groups excluding tert-OH is 1. The van der Waals surface area contributed by atoms with Gasteiger partial charge in [-0.05, 0) is 12.8 Å². The predicted molar refractivity (Wildman–Crippen MR) is 54.5 cm³/mol. The van der Waals surface area contributed by atoms with Gasteiger partial charge < -0.3 is 20.4 Å². The van der Waals surface area contributed by atoms with Crippen molar-refractivity contribution in [3.63, 3.8) is 0 Å². The van der Waals surface area contributed by atoms with Crippen LogP contribution in [0.25, 0.3) is 0 Å². The molecular weight excluding hydrogens is 200 g/mol. The first-order valence-corrected chi connectivity index (χ1v) is 4.78. The minimum absolute atomic E-state index is 0.149. The van der Waals surface area contributed by atoms with Gasteiger partial charge in [-0.1, -0.05) is 6.08 Å². The first kappa shape index (κ1) is 13.9. The Morgan fingerprint density at radius 1 is 1.47 bits per heavy atom. The van der Waals surface area contributed by atoms with Crippen LogP contribution < -0.4 is 11.2 Å². The Morgan fingerprint density at radius 2 is 2.20 bits per heavy atom. The van der Waals surface area contributed by atoms with Gasteiger partial charge in [0, 0.05) is 18.5 Å². The molecule has 0 saturated carbocycles. The summed E-state index contributed by atoms with van der Waals surface area (Å²) in [4.78, 5) is 14.6. The molecule has 0 unspecified atom stereocenters. The number of carbonyl (C=O) groups is 1. The van der Waals surface area contributed by atoms with Crippen molar-refractivity contribution in [1.29, 1.82) is 0 Å². The van der Waals surface area contributed by atoms with Gasteiger partial charge in [0.1, 0.15) is 6.73 Å². The van der Waals surface area contributed by atoms with E-state index >= 15 is 0 Å². The van der Waals surface area contributed by atoms with Gasteiger partial charge in [-0.2, -0.15) is 0 Å². The molecule has 0 spiro atoms. The zero-order valence-electron chi connectivity index (χ0n) is 8.61. The Labute approximate surface area is 88.7 Å². The number of hydrogen-bond donors (Lipinski definition) is 4. The summed E-state index contributed by atoms with van der Waals surface area (Å²) in [7, 11) is 0. The molecule has 0 rings (SSSR count). The van der Waals surface area contributed by atoms with Gasteiger partial charge in [0.2, 0.25) is 0 Å². The monoisotopic (exact) mass is 218 g/mol. The molecule has 0 radical (unpaired) electrons. The summed E-state index contributed by atoms with van der Waals surface area (Å²) in [6.45, 7) is 0.201. The van der Waals surface area contributed by atoms with E-state index in [2.05, 4.69) is 10.2 Å². The van der Waals surface area contributed by atoms with Crippen LogP contribution in [0.3, 0.4) is 0 Å². The standard InChI is InChI=1S/C9H18N2O4/c10-15-6-5-8(11-7-12)3-1-2-4-9(13)14/h3,11-12H,1-2,4-7,10H2,(H,13,14)/b8-3+. The maximum Gasteiger partial charge on any atom is 0.303 e. The number of allylic oxidation sites excluding steroid dienone is 1. The molecular formula is C9H18N2O4. The molecule has 0 heterocycles. The van der Waals surface area contributed by atoms with Crippen LogP contribution in [0.15, 0.2) is 11.8 Å². The highest BCUT2D eigenvalue weighted by molar-refractivity contribution is 5.66. The molecule has 0 aromatic heterocycles. The zero-order chi connectivity index (χ0) is 11.5. The van der Waals surface area contributed by atoms with Gasteiger partial charge in [0.25, 0.3) is 0 Å². The normalized spacial score (nSPS) is 11.5. The molecule has 0 saturated heterocycles. The molecule has 0 aliphatic heterocycles. The minimum Gasteiger partial charge on any atom is -0.481 e. The fourth-order valence-corrected chi connectivity index (χ4v) is 1.06. The number of carboxylic acids is 1. The Balaban J connectivity index is 3.77. The second-order valence-electron chi connectivity index (χ2n) is 2.97. The predicted octanol–water partition coefficient (Wildman–Crippen LogP) is -0.0550. The van der Waals surface area contributed by atoms with Crippen molar-refractivity contribution in [3.05, 3.63) is 11.8 Å². The minimum atomic E-state index is -0.801. The van der Waals surface area contributed by atoms with Crippen LogP contribution in [0.5, 0.6) is 0 Å². The maximum absolute atomic E-state index is 10.2. The van der Waals surface area contributed by atoms with Crippen molar-refractivity contribution in [2.24, 2.45) is 5.90 Å². The quantitative estimate of drug-likeness (QED) is 0.245. The lowest BCUT2D eigenvalue weighted by molar-refractivity contribution is -0.137. The maximum atomic E-state index is 10.2. The van der Waals surface area contributed by atoms with Gasteiger partial charge in [-0.3, -0.25) is 4.79 Å². The van der Waals surface area contributed by atoms with Crippen molar-refractivity contribution < 1.29 is 19.8 Å². The van der Waals surface area contributed by atoms with E-state index in [1.54, 1.807) is 0 Å². The van der Waals surface area contributed by atoms with E-state index in [9.17, 15) is 4.79 Å². The number of nitrogens with two attached hydrogens (primary N) is 1. The summed E-state index contributed by atoms with van der Waals surface area (Å²) < 4.78 is 0. The molecule has 15 heavy (non-hydrogen) atoms. The molecule has 5 N–H and O–H groups in total. The van der Waals surface area contributed by atoms with Crippen LogP contribution in [0, 0.1) is 0 Å². The topological polar surface area (TPSA) is 105 Å². The molecule has 0 amide bonds. The summed E-state index contributed by atoms with van der Waals surface area (Å²) in [5.41, 5.74) is 0.813. The van der Waals surface area contributed by atoms with E-state index in [4.69, 9.17) is 16.1 Å². The van der Waals surface area contributed by atoms with Crippen molar-refractivity contribution in [2.75, 3.05) is 13.3 Å². The fourth-order valence-electron chi connectivity index (χ4n) is 1.06. The van der Waals surface area contributed by atoms with Crippen LogP contribution in [0.4, 0.5) is 0 Å². The van der Waals surface area contributed by atoms with Crippen LogP contribution in [-0.2, 0) is 9.63 Å². The highest BCUT2D eigenvalue weighted by atomic mass is 16.6. The zero-order valence-corrected chi connectivity index (χ0v) is 8.61. The smallest absolute Gasteiger partial charge is 0.303 e. The van der Waals surface area contributed by atoms with Crippen molar-refractivity contribution >= 4 is 5.97 Å². The van der Waals surface area contributed by atoms with Gasteiger partial charge in [-0.15, -0.1) is 0 Å². The van der Waals surface area contributed by atoms with Crippen LogP contribution in [-0.4, -0.2) is 29.5 Å². The summed E-state index contributed by atoms with van der Waals surface area (Å²) in [6.07, 6.45) is 3.80. The average Bonchev–Trinajstić information content (AvgIpc) is 2.20. The third kappa shape index (κ3) is 9.20. The van der Waals surface area contributed by atoms with E-state index in [0.29, 0.717) is 25.9 Å². The Kier molecular flexibility index (Phi) is 8.75. The number of aliphatic hydroxyl groups is 1. The van der Waals surface area contributed by atoms with E-state index in [1.165, 1.54) is 0 Å². The molecule has 0 aliphatic carbocycles. The third-order valence-electron chi connectivity index (χ3n) is 1.78. The second-order valence-corrected chi connectivity index (χ2v) is 2.97. The molecule has 6 nitrogen and oxygen atoms in total. The van der Waals surface area contributed by atoms with Crippen LogP contribution in [0.1, 0.15) is 25.7 Å². The number of carboxylic acid groups (broad SMARTS) is 1. The molecule has 0 aliphatic rings. The molecule has 0 atom stereocenters. The SMILES string of the molecule is NOCC/C(=C\CCCC(=O)O)NCO. The molecule has 0 fully saturated rings. The summed E-state index contributed by atoms with van der Waals surface area (Å²) in [5, 5.41) is 19.8. The number of nitrogens with one attached hydrogen (secondary N) is 1. The van der Waals surface area contributed by atoms with E-state index in [1.807, 2.05) is 6.08 Å². The van der Waals surface area contributed by atoms with Gasteiger partial charge in [0.05, 0.1) is 6.61 Å². The van der Waals surface area contributed by atoms with E-state index in [0.717, 1.165) is 5.70 Å². The number of rotatable bonds is 9. The highest BCUT2D eigenvalue weighted by Gasteiger charge is 1.98. The first-order chi connectivity index (χ1) is 7.20. The van der Waals surface area contributed by atoms with Gasteiger partial charge in [-0.25, -0.2) is 5.90 Å². The molecule has 6 heteroatoms. The van der Waals surface area contributed by atoms with Crippen molar-refractivity contribution in [3.8, 4) is 0 Å². The third-order valence-corrected chi connectivity index (χ3v) is 1.78. The summed E-state index contributed by atoms with van der Waals surface area (Å²) in [6, 6.07) is 0. The fraction of sp³-hybridized carbons (Fsp3) is 0.667. The largest absolute Gasteiger partial charge is 0.481 e. The number of hydrogen-bond acceptors (Lipinski definition) is 5. The Morgan fingerprint density at radius 3 is 2.73 bits per heavy atom. The summed E-state index contributed by atoms with van der Waals surface area (Å²) in [5.74, 6) is 4.07. The Hall–Kier alpha value is -1.11. The molecule has 88 valence electrons. The van der Waals surface area contributed by atoms with Crippen LogP contribution in [0.2, 0.25) is 0 Å². The second kappa shape index (κ2) is 9.45. The first-order valence-electron chi connectivity index (χ1n) is 4.78.